The maximum absolute atomic E-state index is 14.0. The SMILES string of the molecule is NC(CC(=O)C(F)(F)C(=O)CCc1ccccc1)c1ccccc1. The van der Waals surface area contributed by atoms with Crippen molar-refractivity contribution >= 4 is 11.6 Å². The molecule has 3 nitrogen and oxygen atoms in total. The van der Waals surface area contributed by atoms with Crippen molar-refractivity contribution in [1.82, 2.24) is 0 Å². The second kappa shape index (κ2) is 7.93. The fraction of sp³-hybridized carbons (Fsp3) is 0.263. The number of benzene rings is 2. The molecule has 0 aliphatic heterocycles. The van der Waals surface area contributed by atoms with Gasteiger partial charge in [0.25, 0.3) is 0 Å². The van der Waals surface area contributed by atoms with Crippen LogP contribution in [0.25, 0.3) is 0 Å². The van der Waals surface area contributed by atoms with E-state index in [1.807, 2.05) is 0 Å². The number of ketones is 2. The summed E-state index contributed by atoms with van der Waals surface area (Å²) < 4.78 is 28.1. The van der Waals surface area contributed by atoms with Gasteiger partial charge in [-0.3, -0.25) is 9.59 Å². The second-order valence-electron chi connectivity index (χ2n) is 5.63. The highest BCUT2D eigenvalue weighted by Gasteiger charge is 2.45. The van der Waals surface area contributed by atoms with E-state index in [0.29, 0.717) is 5.56 Å². The van der Waals surface area contributed by atoms with Crippen LogP contribution in [0.2, 0.25) is 0 Å². The molecule has 126 valence electrons. The van der Waals surface area contributed by atoms with E-state index >= 15 is 0 Å². The first kappa shape index (κ1) is 17.9. The highest BCUT2D eigenvalue weighted by atomic mass is 19.3. The molecular weight excluding hydrogens is 312 g/mol. The Kier molecular flexibility index (Phi) is 5.93. The first-order chi connectivity index (χ1) is 11.4. The average Bonchev–Trinajstić information content (AvgIpc) is 2.61. The lowest BCUT2D eigenvalue weighted by Gasteiger charge is -2.17. The van der Waals surface area contributed by atoms with Crippen LogP contribution in [0, 0.1) is 0 Å². The Labute approximate surface area is 139 Å². The normalized spacial score (nSPS) is 12.6. The summed E-state index contributed by atoms with van der Waals surface area (Å²) in [6.45, 7) is 0. The quantitative estimate of drug-likeness (QED) is 0.753. The van der Waals surface area contributed by atoms with E-state index in [2.05, 4.69) is 0 Å². The van der Waals surface area contributed by atoms with Gasteiger partial charge in [-0.1, -0.05) is 60.7 Å². The highest BCUT2D eigenvalue weighted by Crippen LogP contribution is 2.25. The molecule has 2 aromatic carbocycles. The van der Waals surface area contributed by atoms with Crippen LogP contribution in [0.3, 0.4) is 0 Å². The number of hydrogen-bond donors (Lipinski definition) is 1. The molecule has 0 radical (unpaired) electrons. The lowest BCUT2D eigenvalue weighted by molar-refractivity contribution is -0.157. The number of aryl methyl sites for hydroxylation is 1. The Morgan fingerprint density at radius 1 is 0.917 bits per heavy atom. The zero-order chi connectivity index (χ0) is 17.6. The number of nitrogens with two attached hydrogens (primary N) is 1. The minimum Gasteiger partial charge on any atom is -0.324 e. The van der Waals surface area contributed by atoms with Crippen LogP contribution >= 0.6 is 0 Å². The number of rotatable bonds is 8. The smallest absolute Gasteiger partial charge is 0.324 e. The Hall–Kier alpha value is -2.40. The van der Waals surface area contributed by atoms with Crippen molar-refractivity contribution in [3.05, 3.63) is 71.8 Å². The number of halogens is 2. The third-order valence-corrected chi connectivity index (χ3v) is 3.82. The summed E-state index contributed by atoms with van der Waals surface area (Å²) in [7, 11) is 0. The fourth-order valence-electron chi connectivity index (χ4n) is 2.36. The van der Waals surface area contributed by atoms with E-state index in [9.17, 15) is 18.4 Å². The molecule has 0 fully saturated rings. The summed E-state index contributed by atoms with van der Waals surface area (Å²) in [6.07, 6.45) is -0.787. The van der Waals surface area contributed by atoms with Crippen molar-refractivity contribution in [2.45, 2.75) is 31.2 Å². The molecule has 0 saturated carbocycles. The van der Waals surface area contributed by atoms with E-state index in [1.165, 1.54) is 0 Å². The van der Waals surface area contributed by atoms with Crippen LogP contribution in [0.4, 0.5) is 8.78 Å². The summed E-state index contributed by atoms with van der Waals surface area (Å²) in [4.78, 5) is 23.6. The molecular formula is C19H19F2NO2. The fourth-order valence-corrected chi connectivity index (χ4v) is 2.36. The molecule has 0 spiro atoms. The molecule has 0 aliphatic carbocycles. The Balaban J connectivity index is 1.95. The zero-order valence-corrected chi connectivity index (χ0v) is 13.1. The average molecular weight is 331 g/mol. The number of Topliss-reactive ketones (excluding diaryl/α,β-unsaturated/α-hetero) is 2. The van der Waals surface area contributed by atoms with Crippen LogP contribution in [0.15, 0.2) is 60.7 Å². The molecule has 1 unspecified atom stereocenters. The van der Waals surface area contributed by atoms with Gasteiger partial charge in [-0.15, -0.1) is 0 Å². The molecule has 24 heavy (non-hydrogen) atoms. The molecule has 0 bridgehead atoms. The summed E-state index contributed by atoms with van der Waals surface area (Å²) in [5.41, 5.74) is 7.15. The number of carbonyl (C=O) groups is 2. The third kappa shape index (κ3) is 4.55. The maximum Gasteiger partial charge on any atom is 0.362 e. The Morgan fingerprint density at radius 2 is 1.46 bits per heavy atom. The lowest BCUT2D eigenvalue weighted by atomic mass is 9.96. The third-order valence-electron chi connectivity index (χ3n) is 3.82. The van der Waals surface area contributed by atoms with Crippen molar-refractivity contribution in [3.63, 3.8) is 0 Å². The van der Waals surface area contributed by atoms with Gasteiger partial charge in [0.2, 0.25) is 11.6 Å². The van der Waals surface area contributed by atoms with Gasteiger partial charge in [-0.05, 0) is 17.5 Å². The molecule has 2 N–H and O–H groups in total. The van der Waals surface area contributed by atoms with E-state index in [4.69, 9.17) is 5.73 Å². The van der Waals surface area contributed by atoms with E-state index in [1.54, 1.807) is 60.7 Å². The minimum atomic E-state index is -4.00. The van der Waals surface area contributed by atoms with E-state index in [0.717, 1.165) is 5.56 Å². The first-order valence-electron chi connectivity index (χ1n) is 7.70. The predicted molar refractivity (Wildman–Crippen MR) is 87.7 cm³/mol. The minimum absolute atomic E-state index is 0.174. The standard InChI is InChI=1S/C19H19F2NO2/c20-19(21,17(23)12-11-14-7-3-1-4-8-14)18(24)13-16(22)15-9-5-2-6-10-15/h1-10,16H,11-13,22H2. The van der Waals surface area contributed by atoms with Crippen molar-refractivity contribution < 1.29 is 18.4 Å². The predicted octanol–water partition coefficient (Wildman–Crippen LogP) is 3.48. The number of carbonyl (C=O) groups excluding carboxylic acids is 2. The molecule has 2 aromatic rings. The monoisotopic (exact) mass is 331 g/mol. The molecule has 0 heterocycles. The highest BCUT2D eigenvalue weighted by molar-refractivity contribution is 6.08. The van der Waals surface area contributed by atoms with Crippen molar-refractivity contribution in [2.75, 3.05) is 0 Å². The van der Waals surface area contributed by atoms with Gasteiger partial charge >= 0.3 is 5.92 Å². The van der Waals surface area contributed by atoms with Gasteiger partial charge in [-0.2, -0.15) is 8.78 Å². The van der Waals surface area contributed by atoms with Crippen LogP contribution in [-0.4, -0.2) is 17.5 Å². The molecule has 5 heteroatoms. The second-order valence-corrected chi connectivity index (χ2v) is 5.63. The first-order valence-corrected chi connectivity index (χ1v) is 7.70. The maximum atomic E-state index is 14.0. The zero-order valence-electron chi connectivity index (χ0n) is 13.1. The van der Waals surface area contributed by atoms with Crippen LogP contribution in [0.5, 0.6) is 0 Å². The Morgan fingerprint density at radius 3 is 2.04 bits per heavy atom. The molecule has 0 aliphatic rings. The van der Waals surface area contributed by atoms with E-state index in [-0.39, 0.29) is 12.8 Å². The van der Waals surface area contributed by atoms with Crippen molar-refractivity contribution in [2.24, 2.45) is 5.73 Å². The topological polar surface area (TPSA) is 60.2 Å². The summed E-state index contributed by atoms with van der Waals surface area (Å²) >= 11 is 0. The van der Waals surface area contributed by atoms with E-state index < -0.39 is 30.0 Å². The van der Waals surface area contributed by atoms with Gasteiger partial charge in [0.05, 0.1) is 0 Å². The van der Waals surface area contributed by atoms with Gasteiger partial charge in [-0.25, -0.2) is 0 Å². The summed E-state index contributed by atoms with van der Waals surface area (Å²) in [6, 6.07) is 16.5. The van der Waals surface area contributed by atoms with Gasteiger partial charge in [0.1, 0.15) is 0 Å². The van der Waals surface area contributed by atoms with Crippen LogP contribution in [-0.2, 0) is 16.0 Å². The van der Waals surface area contributed by atoms with Crippen molar-refractivity contribution in [1.29, 1.82) is 0 Å². The van der Waals surface area contributed by atoms with Gasteiger partial charge in [0.15, 0.2) is 0 Å². The largest absolute Gasteiger partial charge is 0.362 e. The molecule has 0 saturated heterocycles. The molecule has 0 aromatic heterocycles. The van der Waals surface area contributed by atoms with Gasteiger partial charge < -0.3 is 5.73 Å². The Bertz CT molecular complexity index is 687. The molecule has 0 amide bonds. The van der Waals surface area contributed by atoms with Crippen LogP contribution < -0.4 is 5.73 Å². The molecule has 2 rings (SSSR count). The summed E-state index contributed by atoms with van der Waals surface area (Å²) in [5, 5.41) is 0. The van der Waals surface area contributed by atoms with Gasteiger partial charge in [0, 0.05) is 18.9 Å². The number of hydrogen-bond acceptors (Lipinski definition) is 3. The lowest BCUT2D eigenvalue weighted by Crippen LogP contribution is -2.39. The van der Waals surface area contributed by atoms with Crippen molar-refractivity contribution in [3.8, 4) is 0 Å². The molecule has 1 atom stereocenters. The number of alkyl halides is 2. The summed E-state index contributed by atoms with van der Waals surface area (Å²) in [5.74, 6) is -6.80. The van der Waals surface area contributed by atoms with Crippen LogP contribution in [0.1, 0.15) is 30.0 Å².